The maximum atomic E-state index is 4.61. The number of hydrogen-bond acceptors (Lipinski definition) is 2. The summed E-state index contributed by atoms with van der Waals surface area (Å²) in [5.74, 6) is 3.07. The molecule has 1 heterocycles. The summed E-state index contributed by atoms with van der Waals surface area (Å²) in [6.07, 6.45) is 13.4. The number of aryl methyl sites for hydroxylation is 1. The van der Waals surface area contributed by atoms with E-state index in [0.29, 0.717) is 6.04 Å². The van der Waals surface area contributed by atoms with E-state index in [0.717, 1.165) is 31.3 Å². The van der Waals surface area contributed by atoms with Crippen molar-refractivity contribution in [1.82, 2.24) is 14.9 Å². The molecule has 1 saturated carbocycles. The molecule has 3 heteroatoms. The van der Waals surface area contributed by atoms with E-state index in [1.54, 1.807) is 0 Å². The van der Waals surface area contributed by atoms with E-state index in [1.807, 2.05) is 6.20 Å². The molecule has 3 nitrogen and oxygen atoms in total. The van der Waals surface area contributed by atoms with Crippen molar-refractivity contribution in [2.24, 2.45) is 11.8 Å². The Morgan fingerprint density at radius 1 is 1.24 bits per heavy atom. The van der Waals surface area contributed by atoms with E-state index in [4.69, 9.17) is 0 Å². The van der Waals surface area contributed by atoms with Crippen molar-refractivity contribution in [1.29, 1.82) is 0 Å². The first-order valence-corrected chi connectivity index (χ1v) is 9.01. The van der Waals surface area contributed by atoms with Gasteiger partial charge in [0.1, 0.15) is 5.82 Å². The second kappa shape index (κ2) is 8.57. The monoisotopic (exact) mass is 291 g/mol. The maximum Gasteiger partial charge on any atom is 0.110 e. The van der Waals surface area contributed by atoms with Gasteiger partial charge in [-0.05, 0) is 37.6 Å². The van der Waals surface area contributed by atoms with Gasteiger partial charge in [0, 0.05) is 31.4 Å². The van der Waals surface area contributed by atoms with Gasteiger partial charge in [0.25, 0.3) is 0 Å². The van der Waals surface area contributed by atoms with Gasteiger partial charge >= 0.3 is 0 Å². The smallest absolute Gasteiger partial charge is 0.110 e. The Kier molecular flexibility index (Phi) is 6.75. The lowest BCUT2D eigenvalue weighted by atomic mass is 9.77. The summed E-state index contributed by atoms with van der Waals surface area (Å²) in [6.45, 7) is 8.96. The Balaban J connectivity index is 1.97. The summed E-state index contributed by atoms with van der Waals surface area (Å²) in [4.78, 5) is 4.61. The Labute approximate surface area is 130 Å². The SMILES string of the molecule is CCCn1ccnc1CC(NCC)C1CCC(CC)CC1. The van der Waals surface area contributed by atoms with Crippen LogP contribution in [0.25, 0.3) is 0 Å². The number of imidazole rings is 1. The highest BCUT2D eigenvalue weighted by atomic mass is 15.1. The molecule has 1 aliphatic carbocycles. The fourth-order valence-corrected chi connectivity index (χ4v) is 3.84. The second-order valence-corrected chi connectivity index (χ2v) is 6.59. The van der Waals surface area contributed by atoms with Gasteiger partial charge in [0.15, 0.2) is 0 Å². The molecule has 1 aromatic heterocycles. The zero-order valence-electron chi connectivity index (χ0n) is 14.1. The third-order valence-corrected chi connectivity index (χ3v) is 5.17. The molecule has 1 aliphatic rings. The molecular weight excluding hydrogens is 258 g/mol. The van der Waals surface area contributed by atoms with Crippen molar-refractivity contribution in [3.05, 3.63) is 18.2 Å². The van der Waals surface area contributed by atoms with Gasteiger partial charge in [-0.15, -0.1) is 0 Å². The number of nitrogens with one attached hydrogen (secondary N) is 1. The van der Waals surface area contributed by atoms with Crippen LogP contribution in [-0.4, -0.2) is 22.1 Å². The normalized spacial score (nSPS) is 24.1. The van der Waals surface area contributed by atoms with E-state index in [2.05, 4.69) is 41.8 Å². The minimum absolute atomic E-state index is 0.603. The Hall–Kier alpha value is -0.830. The van der Waals surface area contributed by atoms with E-state index in [-0.39, 0.29) is 0 Å². The van der Waals surface area contributed by atoms with Gasteiger partial charge in [0.05, 0.1) is 0 Å². The van der Waals surface area contributed by atoms with Crippen LogP contribution >= 0.6 is 0 Å². The molecule has 1 aromatic rings. The number of hydrogen-bond donors (Lipinski definition) is 1. The Morgan fingerprint density at radius 3 is 2.62 bits per heavy atom. The number of rotatable bonds is 8. The molecule has 1 atom stereocenters. The van der Waals surface area contributed by atoms with Gasteiger partial charge in [-0.25, -0.2) is 4.98 Å². The molecular formula is C18H33N3. The zero-order valence-corrected chi connectivity index (χ0v) is 14.1. The zero-order chi connectivity index (χ0) is 15.1. The van der Waals surface area contributed by atoms with Gasteiger partial charge in [-0.1, -0.05) is 40.0 Å². The van der Waals surface area contributed by atoms with Crippen molar-refractivity contribution >= 4 is 0 Å². The summed E-state index contributed by atoms with van der Waals surface area (Å²) < 4.78 is 2.34. The number of nitrogens with zero attached hydrogens (tertiary/aromatic N) is 2. The van der Waals surface area contributed by atoms with Crippen molar-refractivity contribution in [3.63, 3.8) is 0 Å². The lowest BCUT2D eigenvalue weighted by Gasteiger charge is -2.34. The first-order chi connectivity index (χ1) is 10.3. The van der Waals surface area contributed by atoms with Gasteiger partial charge in [0.2, 0.25) is 0 Å². The van der Waals surface area contributed by atoms with Crippen LogP contribution in [0.1, 0.15) is 65.1 Å². The van der Waals surface area contributed by atoms with Crippen LogP contribution in [0, 0.1) is 11.8 Å². The largest absolute Gasteiger partial charge is 0.335 e. The topological polar surface area (TPSA) is 29.9 Å². The fraction of sp³-hybridized carbons (Fsp3) is 0.833. The summed E-state index contributed by atoms with van der Waals surface area (Å²) >= 11 is 0. The van der Waals surface area contributed by atoms with Crippen LogP contribution in [0.15, 0.2) is 12.4 Å². The molecule has 2 rings (SSSR count). The standard InChI is InChI=1S/C18H33N3/c1-4-12-21-13-11-20-18(21)14-17(19-6-3)16-9-7-15(5-2)8-10-16/h11,13,15-17,19H,4-10,12,14H2,1-3H3. The van der Waals surface area contributed by atoms with Gasteiger partial charge in [-0.2, -0.15) is 0 Å². The third kappa shape index (κ3) is 4.57. The lowest BCUT2D eigenvalue weighted by Crippen LogP contribution is -2.40. The fourth-order valence-electron chi connectivity index (χ4n) is 3.84. The van der Waals surface area contributed by atoms with E-state index >= 15 is 0 Å². The molecule has 120 valence electrons. The van der Waals surface area contributed by atoms with Crippen molar-refractivity contribution in [3.8, 4) is 0 Å². The van der Waals surface area contributed by atoms with E-state index in [1.165, 1.54) is 44.3 Å². The molecule has 0 aliphatic heterocycles. The van der Waals surface area contributed by atoms with Crippen LogP contribution in [-0.2, 0) is 13.0 Å². The molecule has 0 bridgehead atoms. The van der Waals surface area contributed by atoms with Crippen LogP contribution in [0.2, 0.25) is 0 Å². The molecule has 0 aromatic carbocycles. The van der Waals surface area contributed by atoms with Crippen molar-refractivity contribution in [2.45, 2.75) is 78.3 Å². The maximum absolute atomic E-state index is 4.61. The minimum atomic E-state index is 0.603. The lowest BCUT2D eigenvalue weighted by molar-refractivity contribution is 0.215. The summed E-state index contributed by atoms with van der Waals surface area (Å²) in [6, 6.07) is 0.603. The molecule has 21 heavy (non-hydrogen) atoms. The van der Waals surface area contributed by atoms with E-state index in [9.17, 15) is 0 Å². The molecule has 1 unspecified atom stereocenters. The molecule has 0 amide bonds. The molecule has 0 spiro atoms. The average Bonchev–Trinajstić information content (AvgIpc) is 2.94. The average molecular weight is 291 g/mol. The quantitative estimate of drug-likeness (QED) is 0.783. The summed E-state index contributed by atoms with van der Waals surface area (Å²) in [5.41, 5.74) is 0. The Morgan fingerprint density at radius 2 is 2.00 bits per heavy atom. The minimum Gasteiger partial charge on any atom is -0.335 e. The molecule has 1 fully saturated rings. The van der Waals surface area contributed by atoms with Crippen LogP contribution in [0.4, 0.5) is 0 Å². The molecule has 0 saturated heterocycles. The summed E-state index contributed by atoms with van der Waals surface area (Å²) in [5, 5.41) is 3.74. The first kappa shape index (κ1) is 16.5. The first-order valence-electron chi connectivity index (χ1n) is 9.01. The summed E-state index contributed by atoms with van der Waals surface area (Å²) in [7, 11) is 0. The van der Waals surface area contributed by atoms with Crippen LogP contribution < -0.4 is 5.32 Å². The van der Waals surface area contributed by atoms with Crippen molar-refractivity contribution in [2.75, 3.05) is 6.54 Å². The Bertz CT molecular complexity index is 391. The third-order valence-electron chi connectivity index (χ3n) is 5.17. The van der Waals surface area contributed by atoms with Crippen LogP contribution in [0.3, 0.4) is 0 Å². The predicted molar refractivity (Wildman–Crippen MR) is 89.4 cm³/mol. The molecule has 0 radical (unpaired) electrons. The number of aromatic nitrogens is 2. The van der Waals surface area contributed by atoms with Crippen LogP contribution in [0.5, 0.6) is 0 Å². The van der Waals surface area contributed by atoms with Crippen molar-refractivity contribution < 1.29 is 0 Å². The highest BCUT2D eigenvalue weighted by molar-refractivity contribution is 4.97. The number of likely N-dealkylation sites (N-methyl/N-ethyl adjacent to an activating group) is 1. The highest BCUT2D eigenvalue weighted by Gasteiger charge is 2.27. The highest BCUT2D eigenvalue weighted by Crippen LogP contribution is 2.33. The second-order valence-electron chi connectivity index (χ2n) is 6.59. The molecule has 1 N–H and O–H groups in total. The predicted octanol–water partition coefficient (Wildman–Crippen LogP) is 4.03. The van der Waals surface area contributed by atoms with Gasteiger partial charge < -0.3 is 9.88 Å². The van der Waals surface area contributed by atoms with Gasteiger partial charge in [-0.3, -0.25) is 0 Å². The van der Waals surface area contributed by atoms with E-state index < -0.39 is 0 Å².